The zero-order valence-electron chi connectivity index (χ0n) is 15.8. The fourth-order valence-corrected chi connectivity index (χ4v) is 3.37. The quantitative estimate of drug-likeness (QED) is 0.416. The van der Waals surface area contributed by atoms with Crippen molar-refractivity contribution >= 4 is 27.8 Å². The molecule has 1 amide bonds. The number of carbonyl (C=O) groups excluding carboxylic acids is 1. The van der Waals surface area contributed by atoms with E-state index < -0.39 is 11.2 Å². The molecule has 0 saturated carbocycles. The maximum Gasteiger partial charge on any atom is 0.328 e. The van der Waals surface area contributed by atoms with Gasteiger partial charge in [-0.3, -0.25) is 19.1 Å². The van der Waals surface area contributed by atoms with E-state index in [-0.39, 0.29) is 18.9 Å². The maximum atomic E-state index is 12.2. The summed E-state index contributed by atoms with van der Waals surface area (Å²) < 4.78 is 1.42. The Hall–Kier alpha value is -3.68. The highest BCUT2D eigenvalue weighted by atomic mass is 16.2. The third-order valence-electron chi connectivity index (χ3n) is 4.82. The van der Waals surface area contributed by atoms with E-state index in [0.717, 1.165) is 29.7 Å². The molecule has 2 aromatic carbocycles. The molecule has 0 atom stereocenters. The molecule has 8 nitrogen and oxygen atoms in total. The molecule has 4 rings (SSSR count). The molecule has 4 aromatic rings. The van der Waals surface area contributed by atoms with Crippen LogP contribution in [0.25, 0.3) is 21.9 Å². The molecule has 0 fully saturated rings. The number of benzene rings is 2. The lowest BCUT2D eigenvalue weighted by Gasteiger charge is -2.09. The van der Waals surface area contributed by atoms with Crippen LogP contribution in [0.1, 0.15) is 18.7 Å². The summed E-state index contributed by atoms with van der Waals surface area (Å²) in [5.41, 5.74) is 1.54. The summed E-state index contributed by atoms with van der Waals surface area (Å²) in [4.78, 5) is 46.2. The molecule has 29 heavy (non-hydrogen) atoms. The summed E-state index contributed by atoms with van der Waals surface area (Å²) >= 11 is 0. The Balaban J connectivity index is 1.30. The van der Waals surface area contributed by atoms with Crippen molar-refractivity contribution in [3.8, 4) is 0 Å². The number of aromatic nitrogens is 4. The smallest absolute Gasteiger partial charge is 0.328 e. The Morgan fingerprint density at radius 3 is 2.69 bits per heavy atom. The molecule has 0 aliphatic rings. The first-order chi connectivity index (χ1) is 14.1. The van der Waals surface area contributed by atoms with Crippen LogP contribution >= 0.6 is 0 Å². The number of hydrogen-bond donors (Lipinski definition) is 3. The molecular formula is C21H21N5O3. The summed E-state index contributed by atoms with van der Waals surface area (Å²) in [6, 6.07) is 14.7. The van der Waals surface area contributed by atoms with Crippen molar-refractivity contribution in [1.29, 1.82) is 0 Å². The van der Waals surface area contributed by atoms with Crippen LogP contribution in [0.5, 0.6) is 0 Å². The first-order valence-corrected chi connectivity index (χ1v) is 9.54. The number of amides is 1. The SMILES string of the molecule is O=C(CCn1c(=O)[nH]c(=O)c2ccccc21)NCCCc1nc2ccccc2[nH]1. The van der Waals surface area contributed by atoms with Gasteiger partial charge in [-0.15, -0.1) is 0 Å². The monoisotopic (exact) mass is 391 g/mol. The maximum absolute atomic E-state index is 12.2. The molecule has 0 radical (unpaired) electrons. The van der Waals surface area contributed by atoms with Gasteiger partial charge in [-0.25, -0.2) is 9.78 Å². The Bertz CT molecular complexity index is 1250. The van der Waals surface area contributed by atoms with E-state index in [9.17, 15) is 14.4 Å². The Morgan fingerprint density at radius 1 is 1.03 bits per heavy atom. The molecule has 0 bridgehead atoms. The molecular weight excluding hydrogens is 370 g/mol. The van der Waals surface area contributed by atoms with Crippen LogP contribution in [-0.4, -0.2) is 32.0 Å². The van der Waals surface area contributed by atoms with Crippen LogP contribution in [0.4, 0.5) is 0 Å². The van der Waals surface area contributed by atoms with Gasteiger partial charge in [-0.05, 0) is 30.7 Å². The Kier molecular flexibility index (Phi) is 5.24. The van der Waals surface area contributed by atoms with Crippen molar-refractivity contribution in [3.05, 3.63) is 75.2 Å². The van der Waals surface area contributed by atoms with Crippen LogP contribution in [0, 0.1) is 0 Å². The van der Waals surface area contributed by atoms with Gasteiger partial charge in [0.1, 0.15) is 5.82 Å². The minimum atomic E-state index is -0.508. The van der Waals surface area contributed by atoms with Gasteiger partial charge in [0.2, 0.25) is 5.91 Å². The molecule has 0 aliphatic carbocycles. The number of fused-ring (bicyclic) bond motifs is 2. The van der Waals surface area contributed by atoms with Gasteiger partial charge < -0.3 is 10.3 Å². The number of aryl methyl sites for hydroxylation is 2. The van der Waals surface area contributed by atoms with Gasteiger partial charge in [-0.1, -0.05) is 24.3 Å². The lowest BCUT2D eigenvalue weighted by molar-refractivity contribution is -0.121. The predicted molar refractivity (Wildman–Crippen MR) is 111 cm³/mol. The molecule has 0 spiro atoms. The van der Waals surface area contributed by atoms with Crippen LogP contribution in [0.3, 0.4) is 0 Å². The molecule has 0 unspecified atom stereocenters. The fraction of sp³-hybridized carbons (Fsp3) is 0.238. The number of H-pyrrole nitrogens is 2. The second-order valence-electron chi connectivity index (χ2n) is 6.83. The van der Waals surface area contributed by atoms with Crippen molar-refractivity contribution in [2.45, 2.75) is 25.8 Å². The largest absolute Gasteiger partial charge is 0.356 e. The third kappa shape index (κ3) is 4.11. The minimum Gasteiger partial charge on any atom is -0.356 e. The first kappa shape index (κ1) is 18.7. The summed E-state index contributed by atoms with van der Waals surface area (Å²) in [5, 5.41) is 3.30. The standard InChI is InChI=1S/C21H21N5O3/c27-19(22-12-5-10-18-23-15-7-2-3-8-16(15)24-18)11-13-26-17-9-4-1-6-14(17)20(28)25-21(26)29/h1-4,6-9H,5,10-13H2,(H,22,27)(H,23,24)(H,25,28,29). The zero-order chi connectivity index (χ0) is 20.2. The summed E-state index contributed by atoms with van der Waals surface area (Å²) in [6.07, 6.45) is 1.65. The second kappa shape index (κ2) is 8.14. The highest BCUT2D eigenvalue weighted by Crippen LogP contribution is 2.11. The molecule has 0 saturated heterocycles. The summed E-state index contributed by atoms with van der Waals surface area (Å²) in [7, 11) is 0. The van der Waals surface area contributed by atoms with Gasteiger partial charge >= 0.3 is 5.69 Å². The summed E-state index contributed by atoms with van der Waals surface area (Å²) in [5.74, 6) is 0.753. The number of nitrogens with zero attached hydrogens (tertiary/aromatic N) is 2. The molecule has 0 aliphatic heterocycles. The average Bonchev–Trinajstić information content (AvgIpc) is 3.14. The van der Waals surface area contributed by atoms with Crippen molar-refractivity contribution in [2.75, 3.05) is 6.54 Å². The highest BCUT2D eigenvalue weighted by molar-refractivity contribution is 5.79. The number of imidazole rings is 1. The van der Waals surface area contributed by atoms with Crippen LogP contribution in [0.15, 0.2) is 58.1 Å². The van der Waals surface area contributed by atoms with Gasteiger partial charge in [0.15, 0.2) is 0 Å². The lowest BCUT2D eigenvalue weighted by atomic mass is 10.2. The predicted octanol–water partition coefficient (Wildman–Crippen LogP) is 1.71. The van der Waals surface area contributed by atoms with Crippen molar-refractivity contribution in [2.24, 2.45) is 0 Å². The van der Waals surface area contributed by atoms with Crippen LogP contribution in [-0.2, 0) is 17.8 Å². The van der Waals surface area contributed by atoms with Gasteiger partial charge in [-0.2, -0.15) is 0 Å². The van der Waals surface area contributed by atoms with Gasteiger partial charge in [0.05, 0.1) is 21.9 Å². The van der Waals surface area contributed by atoms with Crippen molar-refractivity contribution in [1.82, 2.24) is 24.8 Å². The molecule has 3 N–H and O–H groups in total. The Morgan fingerprint density at radius 2 is 1.83 bits per heavy atom. The van der Waals surface area contributed by atoms with Gasteiger partial charge in [0.25, 0.3) is 5.56 Å². The second-order valence-corrected chi connectivity index (χ2v) is 6.83. The van der Waals surface area contributed by atoms with E-state index in [1.165, 1.54) is 4.57 Å². The number of nitrogens with one attached hydrogen (secondary N) is 3. The topological polar surface area (TPSA) is 113 Å². The Labute approximate surface area is 165 Å². The fourth-order valence-electron chi connectivity index (χ4n) is 3.37. The zero-order valence-corrected chi connectivity index (χ0v) is 15.8. The van der Waals surface area contributed by atoms with E-state index in [0.29, 0.717) is 17.4 Å². The third-order valence-corrected chi connectivity index (χ3v) is 4.82. The number of rotatable bonds is 7. The lowest BCUT2D eigenvalue weighted by Crippen LogP contribution is -2.32. The number of aromatic amines is 2. The van der Waals surface area contributed by atoms with Crippen LogP contribution in [0.2, 0.25) is 0 Å². The minimum absolute atomic E-state index is 0.142. The van der Waals surface area contributed by atoms with E-state index in [2.05, 4.69) is 20.3 Å². The van der Waals surface area contributed by atoms with Gasteiger partial charge in [0, 0.05) is 25.9 Å². The van der Waals surface area contributed by atoms with E-state index in [4.69, 9.17) is 0 Å². The highest BCUT2D eigenvalue weighted by Gasteiger charge is 2.09. The molecule has 148 valence electrons. The average molecular weight is 391 g/mol. The number of para-hydroxylation sites is 3. The van der Waals surface area contributed by atoms with Crippen LogP contribution < -0.4 is 16.6 Å². The number of carbonyl (C=O) groups is 1. The molecule has 2 aromatic heterocycles. The molecule has 2 heterocycles. The van der Waals surface area contributed by atoms with E-state index in [1.54, 1.807) is 24.3 Å². The number of hydrogen-bond acceptors (Lipinski definition) is 4. The van der Waals surface area contributed by atoms with E-state index >= 15 is 0 Å². The first-order valence-electron chi connectivity index (χ1n) is 9.54. The van der Waals surface area contributed by atoms with Crippen molar-refractivity contribution in [3.63, 3.8) is 0 Å². The van der Waals surface area contributed by atoms with Crippen molar-refractivity contribution < 1.29 is 4.79 Å². The molecule has 8 heteroatoms. The normalized spacial score (nSPS) is 11.2. The summed E-state index contributed by atoms with van der Waals surface area (Å²) in [6.45, 7) is 0.725. The van der Waals surface area contributed by atoms with E-state index in [1.807, 2.05) is 24.3 Å².